The van der Waals surface area contributed by atoms with Crippen molar-refractivity contribution < 1.29 is 4.39 Å². The van der Waals surface area contributed by atoms with Crippen LogP contribution in [-0.4, -0.2) is 32.7 Å². The van der Waals surface area contributed by atoms with E-state index in [1.165, 1.54) is 29.6 Å². The maximum absolute atomic E-state index is 13.1. The van der Waals surface area contributed by atoms with Crippen LogP contribution in [0.4, 0.5) is 10.3 Å². The molecule has 2 atom stereocenters. The van der Waals surface area contributed by atoms with Gasteiger partial charge in [-0.1, -0.05) is 0 Å². The van der Waals surface area contributed by atoms with Crippen LogP contribution in [0.25, 0.3) is 5.65 Å². The zero-order chi connectivity index (χ0) is 12.8. The monoisotopic (exact) mass is 261 g/mol. The highest BCUT2D eigenvalue weighted by Crippen LogP contribution is 2.28. The molecule has 0 spiro atoms. The fourth-order valence-corrected chi connectivity index (χ4v) is 3.28. The molecular weight excluding hydrogens is 245 g/mol. The van der Waals surface area contributed by atoms with Crippen LogP contribution in [0.15, 0.2) is 18.3 Å². The summed E-state index contributed by atoms with van der Waals surface area (Å²) < 4.78 is 14.6. The first-order valence-corrected chi connectivity index (χ1v) is 6.81. The van der Waals surface area contributed by atoms with Crippen molar-refractivity contribution >= 4 is 11.6 Å². The predicted molar refractivity (Wildman–Crippen MR) is 69.5 cm³/mol. The van der Waals surface area contributed by atoms with Crippen LogP contribution >= 0.6 is 0 Å². The van der Waals surface area contributed by atoms with E-state index in [9.17, 15) is 4.39 Å². The van der Waals surface area contributed by atoms with Gasteiger partial charge in [-0.15, -0.1) is 5.10 Å². The molecule has 2 saturated heterocycles. The van der Waals surface area contributed by atoms with Gasteiger partial charge in [0, 0.05) is 18.1 Å². The summed E-state index contributed by atoms with van der Waals surface area (Å²) in [5.41, 5.74) is 0.667. The zero-order valence-electron chi connectivity index (χ0n) is 10.5. The zero-order valence-corrected chi connectivity index (χ0v) is 10.5. The molecule has 19 heavy (non-hydrogen) atoms. The molecule has 2 aliphatic rings. The SMILES string of the molecule is Fc1ccc2nc(NC3CC4CCC(C3)N4)nn2c1. The molecule has 0 saturated carbocycles. The first-order chi connectivity index (χ1) is 9.26. The largest absolute Gasteiger partial charge is 0.350 e. The van der Waals surface area contributed by atoms with Gasteiger partial charge in [-0.2, -0.15) is 4.98 Å². The van der Waals surface area contributed by atoms with Crippen molar-refractivity contribution in [2.24, 2.45) is 0 Å². The lowest BCUT2D eigenvalue weighted by molar-refractivity contribution is 0.377. The molecule has 6 heteroatoms. The fourth-order valence-electron chi connectivity index (χ4n) is 3.28. The van der Waals surface area contributed by atoms with E-state index in [0.717, 1.165) is 12.8 Å². The standard InChI is InChI=1S/C13H16FN5/c14-8-1-4-12-17-13(18-19(12)7-8)16-11-5-9-2-3-10(6-11)15-9/h1,4,7,9-11,15H,2-3,5-6H2,(H,16,18). The van der Waals surface area contributed by atoms with Crippen LogP contribution < -0.4 is 10.6 Å². The summed E-state index contributed by atoms with van der Waals surface area (Å²) in [5.74, 6) is 0.292. The number of piperidine rings is 1. The minimum Gasteiger partial charge on any atom is -0.350 e. The average Bonchev–Trinajstić information content (AvgIpc) is 2.92. The third kappa shape index (κ3) is 2.06. The van der Waals surface area contributed by atoms with Crippen LogP contribution in [0, 0.1) is 5.82 Å². The molecule has 4 rings (SSSR count). The number of anilines is 1. The minimum atomic E-state index is -0.302. The maximum Gasteiger partial charge on any atom is 0.243 e. The number of hydrogen-bond donors (Lipinski definition) is 2. The topological polar surface area (TPSA) is 54.2 Å². The van der Waals surface area contributed by atoms with Gasteiger partial charge in [-0.3, -0.25) is 0 Å². The van der Waals surface area contributed by atoms with Gasteiger partial charge in [0.15, 0.2) is 5.65 Å². The lowest BCUT2D eigenvalue weighted by atomic mass is 10.0. The molecule has 100 valence electrons. The van der Waals surface area contributed by atoms with Gasteiger partial charge >= 0.3 is 0 Å². The Morgan fingerprint density at radius 3 is 2.84 bits per heavy atom. The van der Waals surface area contributed by atoms with Crippen molar-refractivity contribution in [3.8, 4) is 0 Å². The third-order valence-corrected chi connectivity index (χ3v) is 4.10. The van der Waals surface area contributed by atoms with Gasteiger partial charge in [0.2, 0.25) is 5.95 Å². The van der Waals surface area contributed by atoms with Gasteiger partial charge in [0.25, 0.3) is 0 Å². The number of aromatic nitrogens is 3. The van der Waals surface area contributed by atoms with E-state index in [1.807, 2.05) is 0 Å². The quantitative estimate of drug-likeness (QED) is 0.861. The van der Waals surface area contributed by atoms with Gasteiger partial charge in [-0.25, -0.2) is 8.91 Å². The Hall–Kier alpha value is -1.69. The lowest BCUT2D eigenvalue weighted by Crippen LogP contribution is -2.43. The number of rotatable bonds is 2. The second-order valence-electron chi connectivity index (χ2n) is 5.54. The second kappa shape index (κ2) is 4.16. The van der Waals surface area contributed by atoms with Crippen LogP contribution in [0.1, 0.15) is 25.7 Å². The molecule has 2 bridgehead atoms. The van der Waals surface area contributed by atoms with Crippen LogP contribution in [0.3, 0.4) is 0 Å². The van der Waals surface area contributed by atoms with Gasteiger partial charge < -0.3 is 10.6 Å². The Morgan fingerprint density at radius 2 is 2.05 bits per heavy atom. The van der Waals surface area contributed by atoms with Crippen molar-refractivity contribution in [3.63, 3.8) is 0 Å². The molecule has 4 heterocycles. The molecule has 0 aliphatic carbocycles. The summed E-state index contributed by atoms with van der Waals surface area (Å²) in [7, 11) is 0. The highest BCUT2D eigenvalue weighted by Gasteiger charge is 2.33. The van der Waals surface area contributed by atoms with E-state index in [4.69, 9.17) is 0 Å². The second-order valence-corrected chi connectivity index (χ2v) is 5.54. The van der Waals surface area contributed by atoms with Crippen molar-refractivity contribution in [1.82, 2.24) is 19.9 Å². The third-order valence-electron chi connectivity index (χ3n) is 4.10. The molecule has 0 amide bonds. The normalized spacial score (nSPS) is 29.8. The number of nitrogens with zero attached hydrogens (tertiary/aromatic N) is 3. The molecule has 5 nitrogen and oxygen atoms in total. The Morgan fingerprint density at radius 1 is 1.26 bits per heavy atom. The van der Waals surface area contributed by atoms with E-state index in [1.54, 1.807) is 6.07 Å². The van der Waals surface area contributed by atoms with E-state index in [0.29, 0.717) is 29.7 Å². The van der Waals surface area contributed by atoms with Gasteiger partial charge in [-0.05, 0) is 37.8 Å². The molecule has 2 aromatic heterocycles. The fraction of sp³-hybridized carbons (Fsp3) is 0.538. The molecule has 2 N–H and O–H groups in total. The number of nitrogens with one attached hydrogen (secondary N) is 2. The molecule has 0 aromatic carbocycles. The summed E-state index contributed by atoms with van der Waals surface area (Å²) in [5, 5.41) is 11.3. The van der Waals surface area contributed by atoms with Gasteiger partial charge in [0.1, 0.15) is 5.82 Å². The van der Waals surface area contributed by atoms with Crippen LogP contribution in [-0.2, 0) is 0 Å². The first kappa shape index (κ1) is 11.2. The smallest absolute Gasteiger partial charge is 0.243 e. The summed E-state index contributed by atoms with van der Waals surface area (Å²) in [6.45, 7) is 0. The Balaban J connectivity index is 1.54. The Labute approximate surface area is 110 Å². The molecule has 0 radical (unpaired) electrons. The van der Waals surface area contributed by atoms with E-state index >= 15 is 0 Å². The molecule has 2 fully saturated rings. The number of halogens is 1. The van der Waals surface area contributed by atoms with Crippen molar-refractivity contribution in [2.45, 2.75) is 43.8 Å². The Bertz CT molecular complexity index is 598. The lowest BCUT2D eigenvalue weighted by Gasteiger charge is -2.29. The minimum absolute atomic E-state index is 0.302. The van der Waals surface area contributed by atoms with Crippen molar-refractivity contribution in [2.75, 3.05) is 5.32 Å². The van der Waals surface area contributed by atoms with Crippen molar-refractivity contribution in [3.05, 3.63) is 24.1 Å². The average molecular weight is 261 g/mol. The Kier molecular flexibility index (Phi) is 2.44. The van der Waals surface area contributed by atoms with Crippen LogP contribution in [0.5, 0.6) is 0 Å². The highest BCUT2D eigenvalue weighted by atomic mass is 19.1. The number of hydrogen-bond acceptors (Lipinski definition) is 4. The van der Waals surface area contributed by atoms with E-state index in [-0.39, 0.29) is 5.82 Å². The van der Waals surface area contributed by atoms with Crippen molar-refractivity contribution in [1.29, 1.82) is 0 Å². The number of fused-ring (bicyclic) bond motifs is 3. The molecule has 2 unspecified atom stereocenters. The summed E-state index contributed by atoms with van der Waals surface area (Å²) in [4.78, 5) is 4.37. The first-order valence-electron chi connectivity index (χ1n) is 6.81. The molecule has 2 aromatic rings. The molecular formula is C13H16FN5. The molecule has 2 aliphatic heterocycles. The predicted octanol–water partition coefficient (Wildman–Crippen LogP) is 1.56. The summed E-state index contributed by atoms with van der Waals surface area (Å²) in [6, 6.07) is 4.72. The summed E-state index contributed by atoms with van der Waals surface area (Å²) >= 11 is 0. The maximum atomic E-state index is 13.1. The van der Waals surface area contributed by atoms with Crippen LogP contribution in [0.2, 0.25) is 0 Å². The summed E-state index contributed by atoms with van der Waals surface area (Å²) in [6.07, 6.45) is 6.11. The number of pyridine rings is 1. The van der Waals surface area contributed by atoms with E-state index < -0.39 is 0 Å². The highest BCUT2D eigenvalue weighted by molar-refractivity contribution is 5.43. The van der Waals surface area contributed by atoms with Gasteiger partial charge in [0.05, 0.1) is 6.20 Å². The van der Waals surface area contributed by atoms with E-state index in [2.05, 4.69) is 20.7 Å².